The van der Waals surface area contributed by atoms with Crippen molar-refractivity contribution in [1.82, 2.24) is 9.78 Å². The number of aromatic nitrogens is 2. The van der Waals surface area contributed by atoms with Crippen molar-refractivity contribution in [1.29, 1.82) is 5.26 Å². The van der Waals surface area contributed by atoms with Crippen LogP contribution in [0.1, 0.15) is 18.1 Å². The fourth-order valence-electron chi connectivity index (χ4n) is 1.83. The highest BCUT2D eigenvalue weighted by Crippen LogP contribution is 2.09. The Bertz CT molecular complexity index is 718. The second-order valence-electron chi connectivity index (χ2n) is 4.23. The summed E-state index contributed by atoms with van der Waals surface area (Å²) in [4.78, 5) is 11.9. The molecule has 0 unspecified atom stereocenters. The van der Waals surface area contributed by atoms with Crippen molar-refractivity contribution in [3.05, 3.63) is 57.8 Å². The van der Waals surface area contributed by atoms with Crippen LogP contribution in [-0.4, -0.2) is 16.3 Å². The van der Waals surface area contributed by atoms with Crippen LogP contribution in [0.5, 0.6) is 0 Å². The lowest BCUT2D eigenvalue weighted by atomic mass is 10.1. The SMILES string of the molecule is CCNc1cnn(Cc2cc(F)cc(C#N)c2)c(=O)c1. The minimum Gasteiger partial charge on any atom is -0.384 e. The Kier molecular flexibility index (Phi) is 4.11. The predicted molar refractivity (Wildman–Crippen MR) is 72.9 cm³/mol. The highest BCUT2D eigenvalue weighted by atomic mass is 19.1. The molecule has 0 saturated heterocycles. The molecule has 1 aromatic heterocycles. The quantitative estimate of drug-likeness (QED) is 0.920. The molecular formula is C14H13FN4O. The average molecular weight is 272 g/mol. The van der Waals surface area contributed by atoms with Crippen molar-refractivity contribution < 1.29 is 4.39 Å². The second kappa shape index (κ2) is 5.97. The van der Waals surface area contributed by atoms with Crippen LogP contribution in [0.2, 0.25) is 0 Å². The Morgan fingerprint density at radius 1 is 1.40 bits per heavy atom. The second-order valence-corrected chi connectivity index (χ2v) is 4.23. The molecule has 102 valence electrons. The van der Waals surface area contributed by atoms with Crippen molar-refractivity contribution in [3.63, 3.8) is 0 Å². The summed E-state index contributed by atoms with van der Waals surface area (Å²) in [5.41, 5.74) is 1.10. The highest BCUT2D eigenvalue weighted by Gasteiger charge is 2.04. The van der Waals surface area contributed by atoms with Gasteiger partial charge in [-0.25, -0.2) is 9.07 Å². The van der Waals surface area contributed by atoms with E-state index in [4.69, 9.17) is 5.26 Å². The number of hydrogen-bond acceptors (Lipinski definition) is 4. The van der Waals surface area contributed by atoms with Gasteiger partial charge in [0.2, 0.25) is 0 Å². The molecule has 5 nitrogen and oxygen atoms in total. The summed E-state index contributed by atoms with van der Waals surface area (Å²) in [5, 5.41) is 15.8. The number of nitriles is 1. The highest BCUT2D eigenvalue weighted by molar-refractivity contribution is 5.38. The molecule has 0 amide bonds. The van der Waals surface area contributed by atoms with Crippen molar-refractivity contribution >= 4 is 5.69 Å². The number of halogens is 1. The molecule has 0 fully saturated rings. The van der Waals surface area contributed by atoms with E-state index in [1.165, 1.54) is 29.1 Å². The van der Waals surface area contributed by atoms with Gasteiger partial charge in [0.15, 0.2) is 0 Å². The standard InChI is InChI=1S/C14H13FN4O/c1-2-17-13-6-14(20)19(18-8-13)9-11-3-10(7-16)4-12(15)5-11/h3-6,8,17H,2,9H2,1H3. The number of rotatable bonds is 4. The number of anilines is 1. The van der Waals surface area contributed by atoms with E-state index >= 15 is 0 Å². The molecule has 1 N–H and O–H groups in total. The average Bonchev–Trinajstić information content (AvgIpc) is 2.41. The van der Waals surface area contributed by atoms with E-state index < -0.39 is 5.82 Å². The topological polar surface area (TPSA) is 70.7 Å². The molecule has 20 heavy (non-hydrogen) atoms. The van der Waals surface area contributed by atoms with Crippen molar-refractivity contribution in [2.75, 3.05) is 11.9 Å². The van der Waals surface area contributed by atoms with Gasteiger partial charge in [-0.15, -0.1) is 0 Å². The zero-order chi connectivity index (χ0) is 14.5. The van der Waals surface area contributed by atoms with E-state index in [0.29, 0.717) is 17.8 Å². The molecule has 0 aliphatic rings. The molecule has 2 aromatic rings. The van der Waals surface area contributed by atoms with Crippen LogP contribution in [-0.2, 0) is 6.54 Å². The van der Waals surface area contributed by atoms with E-state index in [0.717, 1.165) is 6.07 Å². The van der Waals surface area contributed by atoms with Gasteiger partial charge in [-0.2, -0.15) is 10.4 Å². The van der Waals surface area contributed by atoms with Gasteiger partial charge in [-0.1, -0.05) is 0 Å². The fourth-order valence-corrected chi connectivity index (χ4v) is 1.83. The van der Waals surface area contributed by atoms with Crippen LogP contribution in [0.15, 0.2) is 35.3 Å². The third-order valence-corrected chi connectivity index (χ3v) is 2.67. The number of hydrogen-bond donors (Lipinski definition) is 1. The van der Waals surface area contributed by atoms with Gasteiger partial charge in [0.1, 0.15) is 5.82 Å². The van der Waals surface area contributed by atoms with Crippen LogP contribution in [0.25, 0.3) is 0 Å². The van der Waals surface area contributed by atoms with E-state index in [9.17, 15) is 9.18 Å². The molecule has 1 aromatic carbocycles. The molecule has 2 rings (SSSR count). The van der Waals surface area contributed by atoms with Crippen molar-refractivity contribution in [3.8, 4) is 6.07 Å². The largest absolute Gasteiger partial charge is 0.384 e. The molecule has 0 aliphatic heterocycles. The smallest absolute Gasteiger partial charge is 0.269 e. The van der Waals surface area contributed by atoms with Gasteiger partial charge in [-0.05, 0) is 30.7 Å². The lowest BCUT2D eigenvalue weighted by Gasteiger charge is -2.07. The van der Waals surface area contributed by atoms with Crippen LogP contribution in [0, 0.1) is 17.1 Å². The summed E-state index contributed by atoms with van der Waals surface area (Å²) in [6.07, 6.45) is 1.54. The summed E-state index contributed by atoms with van der Waals surface area (Å²) in [6, 6.07) is 7.28. The summed E-state index contributed by atoms with van der Waals surface area (Å²) < 4.78 is 14.5. The monoisotopic (exact) mass is 272 g/mol. The minimum atomic E-state index is -0.503. The first-order chi connectivity index (χ1) is 9.62. The summed E-state index contributed by atoms with van der Waals surface area (Å²) in [6.45, 7) is 2.74. The molecule has 0 radical (unpaired) electrons. The zero-order valence-electron chi connectivity index (χ0n) is 10.9. The first-order valence-electron chi connectivity index (χ1n) is 6.13. The number of nitrogens with one attached hydrogen (secondary N) is 1. The van der Waals surface area contributed by atoms with Gasteiger partial charge >= 0.3 is 0 Å². The molecule has 1 heterocycles. The Morgan fingerprint density at radius 2 is 2.20 bits per heavy atom. The van der Waals surface area contributed by atoms with E-state index in [1.807, 2.05) is 13.0 Å². The summed E-state index contributed by atoms with van der Waals surface area (Å²) >= 11 is 0. The van der Waals surface area contributed by atoms with Crippen LogP contribution >= 0.6 is 0 Å². The molecule has 0 atom stereocenters. The Balaban J connectivity index is 2.29. The third kappa shape index (κ3) is 3.20. The molecule has 0 saturated carbocycles. The molecule has 0 bridgehead atoms. The lowest BCUT2D eigenvalue weighted by molar-refractivity contribution is 0.610. The summed E-state index contributed by atoms with van der Waals surface area (Å²) in [7, 11) is 0. The molecule has 0 aliphatic carbocycles. The van der Waals surface area contributed by atoms with E-state index in [-0.39, 0.29) is 17.7 Å². The van der Waals surface area contributed by atoms with Crippen LogP contribution in [0.3, 0.4) is 0 Å². The van der Waals surface area contributed by atoms with Gasteiger partial charge in [0, 0.05) is 12.6 Å². The van der Waals surface area contributed by atoms with Crippen LogP contribution in [0.4, 0.5) is 10.1 Å². The van der Waals surface area contributed by atoms with Gasteiger partial charge in [0.25, 0.3) is 5.56 Å². The maximum Gasteiger partial charge on any atom is 0.269 e. The lowest BCUT2D eigenvalue weighted by Crippen LogP contribution is -2.23. The zero-order valence-corrected chi connectivity index (χ0v) is 10.9. The van der Waals surface area contributed by atoms with Crippen molar-refractivity contribution in [2.45, 2.75) is 13.5 Å². The molecule has 0 spiro atoms. The molecular weight excluding hydrogens is 259 g/mol. The molecule has 6 heteroatoms. The maximum atomic E-state index is 13.3. The van der Waals surface area contributed by atoms with Gasteiger partial charge in [0.05, 0.1) is 30.1 Å². The predicted octanol–water partition coefficient (Wildman–Crippen LogP) is 1.73. The number of benzene rings is 1. The fraction of sp³-hybridized carbons (Fsp3) is 0.214. The minimum absolute atomic E-state index is 0.123. The van der Waals surface area contributed by atoms with Gasteiger partial charge < -0.3 is 5.32 Å². The summed E-state index contributed by atoms with van der Waals surface area (Å²) in [5.74, 6) is -0.503. The van der Waals surface area contributed by atoms with Crippen molar-refractivity contribution in [2.24, 2.45) is 0 Å². The first-order valence-corrected chi connectivity index (χ1v) is 6.13. The normalized spacial score (nSPS) is 10.1. The van der Waals surface area contributed by atoms with Crippen LogP contribution < -0.4 is 10.9 Å². The number of nitrogens with zero attached hydrogens (tertiary/aromatic N) is 3. The Hall–Kier alpha value is -2.68. The van der Waals surface area contributed by atoms with E-state index in [1.54, 1.807) is 0 Å². The maximum absolute atomic E-state index is 13.3. The Labute approximate surface area is 115 Å². The first kappa shape index (κ1) is 13.7. The van der Waals surface area contributed by atoms with Gasteiger partial charge in [-0.3, -0.25) is 4.79 Å². The Morgan fingerprint density at radius 3 is 2.85 bits per heavy atom. The van der Waals surface area contributed by atoms with E-state index in [2.05, 4.69) is 10.4 Å². The third-order valence-electron chi connectivity index (χ3n) is 2.67.